The second-order valence-electron chi connectivity index (χ2n) is 17.4. The first-order valence-electron chi connectivity index (χ1n) is 21.7. The zero-order valence-electron chi connectivity index (χ0n) is 35.5. The molecule has 0 radical (unpaired) electrons. The lowest BCUT2D eigenvalue weighted by Gasteiger charge is -2.37. The van der Waals surface area contributed by atoms with Crippen molar-refractivity contribution in [1.29, 1.82) is 0 Å². The van der Waals surface area contributed by atoms with Crippen LogP contribution < -0.4 is 19.9 Å². The molecule has 3 N–H and O–H groups in total. The number of carbonyl (C=O) groups excluding carboxylic acids is 3. The highest BCUT2D eigenvalue weighted by Gasteiger charge is 2.67. The minimum Gasteiger partial charge on any atom is -0.494 e. The Kier molecular flexibility index (Phi) is 12.2. The molecule has 1 unspecified atom stereocenters. The lowest BCUT2D eigenvalue weighted by molar-refractivity contribution is -0.151. The molecule has 0 bridgehead atoms. The number of aliphatic hydroxyl groups excluding tert-OH is 2. The number of amides is 3. The third kappa shape index (κ3) is 7.91. The molecule has 4 aromatic carbocycles. The van der Waals surface area contributed by atoms with Crippen LogP contribution in [0.2, 0.25) is 18.6 Å². The summed E-state index contributed by atoms with van der Waals surface area (Å²) in [6.45, 7) is 8.48. The van der Waals surface area contributed by atoms with E-state index in [0.717, 1.165) is 22.3 Å². The van der Waals surface area contributed by atoms with Crippen LogP contribution >= 0.6 is 0 Å². The third-order valence-corrected chi connectivity index (χ3v) is 15.6. The number of hydrogen-bond acceptors (Lipinski definition) is 8. The highest BCUT2D eigenvalue weighted by molar-refractivity contribution is 6.72. The number of ether oxygens (including phenoxy) is 2. The summed E-state index contributed by atoms with van der Waals surface area (Å²) in [5.74, 6) is -0.730. The zero-order chi connectivity index (χ0) is 43.1. The van der Waals surface area contributed by atoms with Gasteiger partial charge in [0.05, 0.1) is 55.7 Å². The summed E-state index contributed by atoms with van der Waals surface area (Å²) in [7, 11) is -3.65. The summed E-state index contributed by atoms with van der Waals surface area (Å²) in [6.07, 6.45) is 1.18. The van der Waals surface area contributed by atoms with E-state index in [9.17, 15) is 19.8 Å². The van der Waals surface area contributed by atoms with Crippen LogP contribution in [-0.2, 0) is 50.7 Å². The summed E-state index contributed by atoms with van der Waals surface area (Å²) in [5.41, 5.74) is 3.89. The largest absolute Gasteiger partial charge is 0.494 e. The number of nitrogens with one attached hydrogen (secondary N) is 1. The Labute approximate surface area is 358 Å². The fourth-order valence-corrected chi connectivity index (χ4v) is 12.8. The van der Waals surface area contributed by atoms with Gasteiger partial charge in [-0.1, -0.05) is 61.5 Å². The van der Waals surface area contributed by atoms with Crippen LogP contribution in [0.3, 0.4) is 0 Å². The van der Waals surface area contributed by atoms with Crippen molar-refractivity contribution < 1.29 is 38.2 Å². The van der Waals surface area contributed by atoms with Crippen molar-refractivity contribution in [2.45, 2.75) is 101 Å². The number of unbranched alkanes of at least 4 members (excludes halogenated alkanes) is 1. The summed E-state index contributed by atoms with van der Waals surface area (Å²) in [6, 6.07) is 27.8. The van der Waals surface area contributed by atoms with E-state index >= 15 is 8.90 Å². The van der Waals surface area contributed by atoms with Crippen LogP contribution in [0.25, 0.3) is 0 Å². The first kappa shape index (κ1) is 42.8. The smallest absolute Gasteiger partial charge is 0.264 e. The van der Waals surface area contributed by atoms with Gasteiger partial charge in [0.1, 0.15) is 5.75 Å². The van der Waals surface area contributed by atoms with Gasteiger partial charge in [0.25, 0.3) is 5.91 Å². The molecule has 1 saturated heterocycles. The number of hydrogen-bond donors (Lipinski definition) is 3. The summed E-state index contributed by atoms with van der Waals surface area (Å²) in [4.78, 5) is 49.5. The van der Waals surface area contributed by atoms with Crippen LogP contribution in [0, 0.1) is 5.92 Å². The number of fused-ring (bicyclic) bond motifs is 4. The van der Waals surface area contributed by atoms with E-state index < -0.39 is 43.7 Å². The Morgan fingerprint density at radius 1 is 0.934 bits per heavy atom. The highest BCUT2D eigenvalue weighted by atomic mass is 28.4. The number of benzene rings is 4. The van der Waals surface area contributed by atoms with Gasteiger partial charge in [-0.15, -0.1) is 0 Å². The number of halogens is 1. The first-order valence-corrected chi connectivity index (χ1v) is 24.6. The SMILES string of the molecule is CCOc1ccc2c(c1)CC(NCCCCO)C(=O)N2c1ccc2c(c1)[C@]1(O[C@@H](CC(=O)N3Cc4ccccc4C[C@H]3CO)[C@H]([Si](C)(C)F)[C@H]1C)C(=O)N2Cc1ccccc1. The fourth-order valence-electron chi connectivity index (χ4n) is 10.3. The van der Waals surface area contributed by atoms with E-state index in [1.54, 1.807) is 27.8 Å². The van der Waals surface area contributed by atoms with E-state index in [2.05, 4.69) is 5.32 Å². The number of anilines is 3. The standard InChI is InChI=1S/C48H57FN4O7Si/c1-5-59-38-18-20-41-35(24-38)25-40(50-21-11-12-22-54)46(57)53(41)36-17-19-42-39(26-36)48(47(58)52(42)28-32-13-7-6-8-14-32)31(2)45(61(3,4)49)43(60-48)27-44(56)51-29-34-16-10-9-15-33(34)23-37(51)30-55/h6-10,13-20,24,26,31,37,40,43,45,50,54-55H,5,11-12,21-23,25,27-30H2,1-4H3/t31-,37+,40?,43+,45-,48+/m1/s1. The van der Waals surface area contributed by atoms with Crippen molar-refractivity contribution in [3.05, 3.63) is 119 Å². The zero-order valence-corrected chi connectivity index (χ0v) is 36.5. The van der Waals surface area contributed by atoms with Gasteiger partial charge < -0.3 is 38.9 Å². The molecule has 4 aromatic rings. The van der Waals surface area contributed by atoms with Gasteiger partial charge in [-0.3, -0.25) is 19.3 Å². The molecule has 0 saturated carbocycles. The first-order chi connectivity index (χ1) is 29.4. The summed E-state index contributed by atoms with van der Waals surface area (Å²) < 4.78 is 29.9. The minimum absolute atomic E-state index is 0.0677. The van der Waals surface area contributed by atoms with Gasteiger partial charge in [-0.2, -0.15) is 0 Å². The van der Waals surface area contributed by atoms with Crippen molar-refractivity contribution in [3.8, 4) is 5.75 Å². The predicted molar refractivity (Wildman–Crippen MR) is 235 cm³/mol. The van der Waals surface area contributed by atoms with Crippen molar-refractivity contribution in [2.75, 3.05) is 36.2 Å². The quantitative estimate of drug-likeness (QED) is 0.0727. The van der Waals surface area contributed by atoms with Crippen LogP contribution in [0.4, 0.5) is 21.2 Å². The van der Waals surface area contributed by atoms with Gasteiger partial charge >= 0.3 is 0 Å². The van der Waals surface area contributed by atoms with Crippen LogP contribution in [0.1, 0.15) is 60.9 Å². The Hall–Kier alpha value is -4.92. The summed E-state index contributed by atoms with van der Waals surface area (Å²) >= 11 is 0. The molecule has 3 amide bonds. The van der Waals surface area contributed by atoms with E-state index in [4.69, 9.17) is 9.47 Å². The van der Waals surface area contributed by atoms with Crippen molar-refractivity contribution in [1.82, 2.24) is 10.2 Å². The topological polar surface area (TPSA) is 132 Å². The van der Waals surface area contributed by atoms with E-state index in [0.29, 0.717) is 73.8 Å². The van der Waals surface area contributed by atoms with Gasteiger partial charge in [-0.05, 0) is 111 Å². The average Bonchev–Trinajstić information content (AvgIpc) is 3.67. The van der Waals surface area contributed by atoms with Crippen molar-refractivity contribution >= 4 is 43.2 Å². The molecule has 0 aliphatic carbocycles. The molecule has 1 spiro atoms. The molecule has 1 fully saturated rings. The average molecular weight is 849 g/mol. The van der Waals surface area contributed by atoms with E-state index in [1.165, 1.54) is 0 Å². The molecule has 6 atom stereocenters. The molecular weight excluding hydrogens is 792 g/mol. The van der Waals surface area contributed by atoms with Gasteiger partial charge in [0.15, 0.2) is 5.60 Å². The predicted octanol–water partition coefficient (Wildman–Crippen LogP) is 6.69. The highest BCUT2D eigenvalue weighted by Crippen LogP contribution is 2.61. The Bertz CT molecular complexity index is 2270. The second kappa shape index (κ2) is 17.4. The molecule has 4 aliphatic heterocycles. The molecular formula is C48H57FN4O7Si. The van der Waals surface area contributed by atoms with Gasteiger partial charge in [-0.25, -0.2) is 0 Å². The monoisotopic (exact) mass is 848 g/mol. The molecule has 4 aliphatic rings. The maximum atomic E-state index is 17.0. The number of nitrogens with zero attached hydrogens (tertiary/aromatic N) is 3. The maximum Gasteiger partial charge on any atom is 0.264 e. The molecule has 0 aromatic heterocycles. The third-order valence-electron chi connectivity index (χ3n) is 13.2. The Morgan fingerprint density at radius 2 is 1.67 bits per heavy atom. The number of carbonyl (C=O) groups is 3. The molecule has 13 heteroatoms. The van der Waals surface area contributed by atoms with Gasteiger partial charge in [0.2, 0.25) is 20.2 Å². The molecule has 322 valence electrons. The van der Waals surface area contributed by atoms with Crippen LogP contribution in [-0.4, -0.2) is 85.8 Å². The van der Waals surface area contributed by atoms with Crippen LogP contribution in [0.15, 0.2) is 91.0 Å². The Morgan fingerprint density at radius 3 is 2.39 bits per heavy atom. The number of aliphatic hydroxyl groups is 2. The van der Waals surface area contributed by atoms with Crippen LogP contribution in [0.5, 0.6) is 5.75 Å². The molecule has 61 heavy (non-hydrogen) atoms. The minimum atomic E-state index is -3.65. The molecule has 11 nitrogen and oxygen atoms in total. The second-order valence-corrected chi connectivity index (χ2v) is 21.2. The summed E-state index contributed by atoms with van der Waals surface area (Å²) in [5, 5.41) is 23.2. The van der Waals surface area contributed by atoms with Crippen molar-refractivity contribution in [3.63, 3.8) is 0 Å². The molecule has 8 rings (SSSR count). The van der Waals surface area contributed by atoms with E-state index in [1.807, 2.05) is 105 Å². The maximum absolute atomic E-state index is 17.0. The molecule has 4 heterocycles. The normalized spacial score (nSPS) is 24.6. The van der Waals surface area contributed by atoms with E-state index in [-0.39, 0.29) is 43.9 Å². The fraction of sp³-hybridized carbons (Fsp3) is 0.438. The lowest BCUT2D eigenvalue weighted by atomic mass is 9.82. The lowest BCUT2D eigenvalue weighted by Crippen LogP contribution is -2.49. The van der Waals surface area contributed by atoms with Gasteiger partial charge in [0, 0.05) is 35.9 Å². The van der Waals surface area contributed by atoms with Crippen molar-refractivity contribution in [2.24, 2.45) is 5.92 Å². The Balaban J connectivity index is 1.21. The number of rotatable bonds is 14.